The van der Waals surface area contributed by atoms with Crippen molar-refractivity contribution < 1.29 is 9.53 Å². The highest BCUT2D eigenvalue weighted by Crippen LogP contribution is 2.21. The average molecular weight is 325 g/mol. The van der Waals surface area contributed by atoms with Crippen LogP contribution < -0.4 is 10.6 Å². The first-order valence-electron chi connectivity index (χ1n) is 8.37. The van der Waals surface area contributed by atoms with Gasteiger partial charge in [-0.15, -0.1) is 0 Å². The van der Waals surface area contributed by atoms with Gasteiger partial charge in [0.2, 0.25) is 0 Å². The number of carbonyl (C=O) groups excluding carboxylic acids is 1. The van der Waals surface area contributed by atoms with Crippen molar-refractivity contribution in [2.24, 2.45) is 0 Å². The topological polar surface area (TPSA) is 63.2 Å². The predicted octanol–water partition coefficient (Wildman–Crippen LogP) is 3.29. The monoisotopic (exact) mass is 325 g/mol. The van der Waals surface area contributed by atoms with Crippen LogP contribution in [0.4, 0.5) is 4.79 Å². The highest BCUT2D eigenvalue weighted by molar-refractivity contribution is 5.74. The van der Waals surface area contributed by atoms with Crippen molar-refractivity contribution in [1.29, 1.82) is 0 Å². The van der Waals surface area contributed by atoms with Crippen LogP contribution in [0.5, 0.6) is 0 Å². The van der Waals surface area contributed by atoms with E-state index in [0.717, 1.165) is 36.1 Å². The van der Waals surface area contributed by atoms with Gasteiger partial charge in [0.25, 0.3) is 0 Å². The molecule has 24 heavy (non-hydrogen) atoms. The Bertz CT molecular complexity index is 652. The van der Waals surface area contributed by atoms with Crippen molar-refractivity contribution in [3.8, 4) is 11.1 Å². The number of nitrogens with zero attached hydrogens (tertiary/aromatic N) is 1. The van der Waals surface area contributed by atoms with Crippen LogP contribution in [0.1, 0.15) is 31.4 Å². The quantitative estimate of drug-likeness (QED) is 0.907. The van der Waals surface area contributed by atoms with Gasteiger partial charge in [0, 0.05) is 19.0 Å². The summed E-state index contributed by atoms with van der Waals surface area (Å²) in [4.78, 5) is 16.2. The Hall–Kier alpha value is -2.40. The molecule has 126 valence electrons. The summed E-state index contributed by atoms with van der Waals surface area (Å²) < 4.78 is 5.38. The molecule has 5 nitrogen and oxygen atoms in total. The molecule has 1 aliphatic rings. The van der Waals surface area contributed by atoms with Crippen LogP contribution in [0.2, 0.25) is 0 Å². The Morgan fingerprint density at radius 1 is 1.25 bits per heavy atom. The second kappa shape index (κ2) is 7.93. The van der Waals surface area contributed by atoms with E-state index < -0.39 is 0 Å². The van der Waals surface area contributed by atoms with Crippen molar-refractivity contribution >= 4 is 6.03 Å². The Morgan fingerprint density at radius 2 is 2.08 bits per heavy atom. The normalized spacial score (nSPS) is 18.6. The molecular formula is C19H23N3O2. The maximum absolute atomic E-state index is 12.1. The van der Waals surface area contributed by atoms with Crippen LogP contribution in [0, 0.1) is 0 Å². The van der Waals surface area contributed by atoms with Gasteiger partial charge in [-0.2, -0.15) is 0 Å². The fourth-order valence-corrected chi connectivity index (χ4v) is 2.86. The zero-order valence-electron chi connectivity index (χ0n) is 13.9. The summed E-state index contributed by atoms with van der Waals surface area (Å²) in [6, 6.07) is 12.0. The fourth-order valence-electron chi connectivity index (χ4n) is 2.86. The molecule has 1 aromatic heterocycles. The van der Waals surface area contributed by atoms with E-state index in [1.807, 2.05) is 37.4 Å². The number of pyridine rings is 1. The van der Waals surface area contributed by atoms with Gasteiger partial charge >= 0.3 is 6.03 Å². The maximum atomic E-state index is 12.1. The van der Waals surface area contributed by atoms with E-state index in [9.17, 15) is 4.79 Å². The van der Waals surface area contributed by atoms with Gasteiger partial charge in [-0.25, -0.2) is 4.79 Å². The third kappa shape index (κ3) is 4.32. The lowest BCUT2D eigenvalue weighted by molar-refractivity contribution is 0.0730. The van der Waals surface area contributed by atoms with E-state index in [4.69, 9.17) is 4.74 Å². The van der Waals surface area contributed by atoms with Crippen molar-refractivity contribution in [1.82, 2.24) is 15.6 Å². The number of ether oxygens (including phenoxy) is 1. The molecule has 2 aromatic rings. The van der Waals surface area contributed by atoms with Crippen LogP contribution in [-0.2, 0) is 4.74 Å². The van der Waals surface area contributed by atoms with Crippen LogP contribution >= 0.6 is 0 Å². The summed E-state index contributed by atoms with van der Waals surface area (Å²) in [6.45, 7) is 3.37. The Morgan fingerprint density at radius 3 is 2.75 bits per heavy atom. The van der Waals surface area contributed by atoms with Crippen LogP contribution in [-0.4, -0.2) is 30.3 Å². The lowest BCUT2D eigenvalue weighted by Crippen LogP contribution is -2.46. The molecule has 2 amide bonds. The molecule has 3 rings (SSSR count). The van der Waals surface area contributed by atoms with Gasteiger partial charge in [0.05, 0.1) is 18.7 Å². The van der Waals surface area contributed by atoms with Crippen molar-refractivity contribution in [3.05, 3.63) is 54.4 Å². The minimum atomic E-state index is -0.144. The molecule has 0 aliphatic carbocycles. The van der Waals surface area contributed by atoms with Gasteiger partial charge in [-0.3, -0.25) is 4.98 Å². The van der Waals surface area contributed by atoms with Gasteiger partial charge in [-0.05, 0) is 42.5 Å². The smallest absolute Gasteiger partial charge is 0.315 e. The summed E-state index contributed by atoms with van der Waals surface area (Å²) in [7, 11) is 0. The van der Waals surface area contributed by atoms with Gasteiger partial charge in [0.1, 0.15) is 0 Å². The highest BCUT2D eigenvalue weighted by Gasteiger charge is 2.17. The molecular weight excluding hydrogens is 302 g/mol. The third-order valence-electron chi connectivity index (χ3n) is 4.25. The third-order valence-corrected chi connectivity index (χ3v) is 4.25. The lowest BCUT2D eigenvalue weighted by atomic mass is 10.0. The van der Waals surface area contributed by atoms with E-state index in [2.05, 4.69) is 27.8 Å². The highest BCUT2D eigenvalue weighted by atomic mass is 16.5. The number of carbonyl (C=O) groups is 1. The standard InChI is InChI=1S/C19H23N3O2/c1-14(21-19(23)22-18-5-3-11-24-13-18)15-6-8-16(9-7-15)17-4-2-10-20-12-17/h2,4,6-10,12,14,18H,3,5,11,13H2,1H3,(H2,21,22,23)/t14-,18+/m0/s1. The van der Waals surface area contributed by atoms with E-state index in [-0.39, 0.29) is 18.1 Å². The first-order chi connectivity index (χ1) is 11.7. The number of nitrogens with one attached hydrogen (secondary N) is 2. The number of hydrogen-bond acceptors (Lipinski definition) is 3. The summed E-state index contributed by atoms with van der Waals surface area (Å²) in [5.41, 5.74) is 3.26. The second-order valence-corrected chi connectivity index (χ2v) is 6.12. The minimum absolute atomic E-state index is 0.0579. The van der Waals surface area contributed by atoms with Crippen molar-refractivity contribution in [3.63, 3.8) is 0 Å². The first kappa shape index (κ1) is 16.5. The Kier molecular flexibility index (Phi) is 5.43. The number of hydrogen-bond donors (Lipinski definition) is 2. The molecule has 0 saturated carbocycles. The maximum Gasteiger partial charge on any atom is 0.315 e. The lowest BCUT2D eigenvalue weighted by Gasteiger charge is -2.24. The van der Waals surface area contributed by atoms with Gasteiger partial charge in [0.15, 0.2) is 0 Å². The molecule has 1 saturated heterocycles. The summed E-state index contributed by atoms with van der Waals surface area (Å²) >= 11 is 0. The van der Waals surface area contributed by atoms with Gasteiger partial charge < -0.3 is 15.4 Å². The largest absolute Gasteiger partial charge is 0.379 e. The SMILES string of the molecule is C[C@H](NC(=O)N[C@@H]1CCCOC1)c1ccc(-c2cccnc2)cc1. The summed E-state index contributed by atoms with van der Waals surface area (Å²) in [5.74, 6) is 0. The molecule has 0 radical (unpaired) electrons. The first-order valence-corrected chi connectivity index (χ1v) is 8.37. The van der Waals surface area contributed by atoms with Crippen molar-refractivity contribution in [2.75, 3.05) is 13.2 Å². The predicted molar refractivity (Wildman–Crippen MR) is 93.6 cm³/mol. The summed E-state index contributed by atoms with van der Waals surface area (Å²) in [6.07, 6.45) is 5.58. The van der Waals surface area contributed by atoms with E-state index in [1.54, 1.807) is 6.20 Å². The van der Waals surface area contributed by atoms with Crippen LogP contribution in [0.3, 0.4) is 0 Å². The number of rotatable bonds is 4. The summed E-state index contributed by atoms with van der Waals surface area (Å²) in [5, 5.41) is 5.96. The number of aromatic nitrogens is 1. The molecule has 2 heterocycles. The zero-order valence-corrected chi connectivity index (χ0v) is 13.9. The number of amides is 2. The van der Waals surface area contributed by atoms with Crippen molar-refractivity contribution in [2.45, 2.75) is 31.8 Å². The molecule has 0 unspecified atom stereocenters. The molecule has 0 bridgehead atoms. The van der Waals surface area contributed by atoms with E-state index in [1.165, 1.54) is 0 Å². The molecule has 1 aromatic carbocycles. The Labute approximate surface area is 142 Å². The minimum Gasteiger partial charge on any atom is -0.379 e. The molecule has 2 atom stereocenters. The van der Waals surface area contributed by atoms with Crippen LogP contribution in [0.25, 0.3) is 11.1 Å². The second-order valence-electron chi connectivity index (χ2n) is 6.12. The molecule has 1 fully saturated rings. The molecule has 5 heteroatoms. The molecule has 0 spiro atoms. The zero-order chi connectivity index (χ0) is 16.8. The fraction of sp³-hybridized carbons (Fsp3) is 0.368. The van der Waals surface area contributed by atoms with E-state index in [0.29, 0.717) is 6.61 Å². The van der Waals surface area contributed by atoms with Gasteiger partial charge in [-0.1, -0.05) is 30.3 Å². The number of urea groups is 1. The Balaban J connectivity index is 1.56. The average Bonchev–Trinajstić information content (AvgIpc) is 2.63. The van der Waals surface area contributed by atoms with E-state index >= 15 is 0 Å². The van der Waals surface area contributed by atoms with Crippen LogP contribution in [0.15, 0.2) is 48.8 Å². The molecule has 2 N–H and O–H groups in total. The molecule has 1 aliphatic heterocycles. The number of benzene rings is 1.